The van der Waals surface area contributed by atoms with Gasteiger partial charge in [-0.1, -0.05) is 11.6 Å². The first-order valence-electron chi connectivity index (χ1n) is 6.95. The summed E-state index contributed by atoms with van der Waals surface area (Å²) in [4.78, 5) is 33.8. The van der Waals surface area contributed by atoms with Crippen molar-refractivity contribution in [3.8, 4) is 0 Å². The minimum Gasteiger partial charge on any atom is -0.452 e. The highest BCUT2D eigenvalue weighted by Gasteiger charge is 2.16. The van der Waals surface area contributed by atoms with Gasteiger partial charge in [-0.2, -0.15) is 0 Å². The number of rotatable bonds is 5. The molecule has 2 aromatic carbocycles. The van der Waals surface area contributed by atoms with Crippen LogP contribution in [0.1, 0.15) is 15.9 Å². The van der Waals surface area contributed by atoms with Crippen LogP contribution in [0.25, 0.3) is 0 Å². The number of carbonyl (C=O) groups excluding carboxylic acids is 2. The predicted octanol–water partition coefficient (Wildman–Crippen LogP) is 3.49. The Labute approximate surface area is 146 Å². The number of amides is 1. The summed E-state index contributed by atoms with van der Waals surface area (Å²) in [7, 11) is 0. The van der Waals surface area contributed by atoms with E-state index in [0.717, 1.165) is 6.07 Å². The number of ether oxygens (including phenoxy) is 1. The largest absolute Gasteiger partial charge is 0.452 e. The van der Waals surface area contributed by atoms with Crippen LogP contribution in [0.2, 0.25) is 5.02 Å². The van der Waals surface area contributed by atoms with Crippen molar-refractivity contribution in [1.29, 1.82) is 0 Å². The molecule has 0 atom stereocenters. The standard InChI is InChI=1S/C16H12ClFN2O5/c1-9-6-10(2-5-14(9)20(23)24)16(22)25-8-15(21)19-11-3-4-13(18)12(17)7-11/h2-7H,8H2,1H3,(H,19,21). The third-order valence-electron chi connectivity index (χ3n) is 3.17. The van der Waals surface area contributed by atoms with E-state index in [1.807, 2.05) is 0 Å². The molecule has 0 bridgehead atoms. The van der Waals surface area contributed by atoms with Crippen LogP contribution in [0, 0.1) is 22.9 Å². The molecule has 130 valence electrons. The number of hydrogen-bond donors (Lipinski definition) is 1. The minimum absolute atomic E-state index is 0.0840. The summed E-state index contributed by atoms with van der Waals surface area (Å²) in [5, 5.41) is 13.0. The van der Waals surface area contributed by atoms with E-state index >= 15 is 0 Å². The van der Waals surface area contributed by atoms with Gasteiger partial charge in [0, 0.05) is 17.3 Å². The summed E-state index contributed by atoms with van der Waals surface area (Å²) in [6.07, 6.45) is 0. The third-order valence-corrected chi connectivity index (χ3v) is 3.46. The molecule has 0 saturated carbocycles. The lowest BCUT2D eigenvalue weighted by atomic mass is 10.1. The van der Waals surface area contributed by atoms with Crippen molar-refractivity contribution < 1.29 is 23.6 Å². The highest BCUT2D eigenvalue weighted by Crippen LogP contribution is 2.20. The summed E-state index contributed by atoms with van der Waals surface area (Å²) < 4.78 is 17.9. The number of nitro benzene ring substituents is 1. The average molecular weight is 367 g/mol. The molecule has 0 radical (unpaired) electrons. The first-order chi connectivity index (χ1) is 11.8. The minimum atomic E-state index is -0.801. The molecule has 0 unspecified atom stereocenters. The molecule has 25 heavy (non-hydrogen) atoms. The van der Waals surface area contributed by atoms with Crippen LogP contribution in [0.15, 0.2) is 36.4 Å². The Balaban J connectivity index is 1.95. The van der Waals surface area contributed by atoms with E-state index in [1.165, 1.54) is 37.3 Å². The lowest BCUT2D eigenvalue weighted by Gasteiger charge is -2.07. The van der Waals surface area contributed by atoms with Gasteiger partial charge in [0.2, 0.25) is 0 Å². The topological polar surface area (TPSA) is 98.5 Å². The smallest absolute Gasteiger partial charge is 0.338 e. The number of halogens is 2. The maximum Gasteiger partial charge on any atom is 0.338 e. The Bertz CT molecular complexity index is 856. The molecule has 1 N–H and O–H groups in total. The summed E-state index contributed by atoms with van der Waals surface area (Å²) in [5.41, 5.74) is 0.506. The number of nitrogens with one attached hydrogen (secondary N) is 1. The maximum absolute atomic E-state index is 13.0. The molecule has 2 rings (SSSR count). The van der Waals surface area contributed by atoms with E-state index in [-0.39, 0.29) is 22.0 Å². The van der Waals surface area contributed by atoms with Gasteiger partial charge < -0.3 is 10.1 Å². The van der Waals surface area contributed by atoms with Gasteiger partial charge in [-0.25, -0.2) is 9.18 Å². The molecule has 7 nitrogen and oxygen atoms in total. The Hall–Kier alpha value is -3.00. The van der Waals surface area contributed by atoms with Gasteiger partial charge in [-0.05, 0) is 37.3 Å². The first-order valence-corrected chi connectivity index (χ1v) is 7.33. The van der Waals surface area contributed by atoms with Crippen molar-refractivity contribution in [2.75, 3.05) is 11.9 Å². The molecule has 0 spiro atoms. The Morgan fingerprint density at radius 3 is 2.60 bits per heavy atom. The number of benzene rings is 2. The van der Waals surface area contributed by atoms with Crippen LogP contribution < -0.4 is 5.32 Å². The van der Waals surface area contributed by atoms with Crippen LogP contribution in [-0.4, -0.2) is 23.4 Å². The van der Waals surface area contributed by atoms with E-state index in [0.29, 0.717) is 5.56 Å². The van der Waals surface area contributed by atoms with Gasteiger partial charge >= 0.3 is 5.97 Å². The van der Waals surface area contributed by atoms with Gasteiger partial charge in [0.25, 0.3) is 11.6 Å². The second-order valence-electron chi connectivity index (χ2n) is 5.01. The number of nitrogens with zero attached hydrogens (tertiary/aromatic N) is 1. The monoisotopic (exact) mass is 366 g/mol. The fraction of sp³-hybridized carbons (Fsp3) is 0.125. The molecule has 0 aliphatic carbocycles. The maximum atomic E-state index is 13.0. The predicted molar refractivity (Wildman–Crippen MR) is 88.2 cm³/mol. The highest BCUT2D eigenvalue weighted by atomic mass is 35.5. The summed E-state index contributed by atoms with van der Waals surface area (Å²) in [6.45, 7) is 0.907. The quantitative estimate of drug-likeness (QED) is 0.496. The molecule has 1 amide bonds. The van der Waals surface area contributed by atoms with E-state index in [1.54, 1.807) is 0 Å². The Kier molecular flexibility index (Phi) is 5.66. The van der Waals surface area contributed by atoms with Crippen LogP contribution in [0.5, 0.6) is 0 Å². The SMILES string of the molecule is Cc1cc(C(=O)OCC(=O)Nc2ccc(F)c(Cl)c2)ccc1[N+](=O)[O-]. The van der Waals surface area contributed by atoms with E-state index in [9.17, 15) is 24.1 Å². The second-order valence-corrected chi connectivity index (χ2v) is 5.42. The lowest BCUT2D eigenvalue weighted by molar-refractivity contribution is -0.385. The molecular weight excluding hydrogens is 355 g/mol. The fourth-order valence-corrected chi connectivity index (χ4v) is 2.15. The molecule has 0 aliphatic heterocycles. The van der Waals surface area contributed by atoms with Crippen LogP contribution in [-0.2, 0) is 9.53 Å². The molecule has 2 aromatic rings. The zero-order valence-corrected chi connectivity index (χ0v) is 13.7. The molecule has 0 aliphatic rings. The van der Waals surface area contributed by atoms with E-state index in [4.69, 9.17) is 16.3 Å². The molecular formula is C16H12ClFN2O5. The van der Waals surface area contributed by atoms with Gasteiger partial charge in [-0.3, -0.25) is 14.9 Å². The van der Waals surface area contributed by atoms with Gasteiger partial charge in [0.15, 0.2) is 6.61 Å². The fourth-order valence-electron chi connectivity index (χ4n) is 1.97. The van der Waals surface area contributed by atoms with Crippen molar-refractivity contribution >= 4 is 34.9 Å². The number of hydrogen-bond acceptors (Lipinski definition) is 5. The zero-order valence-electron chi connectivity index (χ0n) is 12.9. The third kappa shape index (κ3) is 4.74. The number of anilines is 1. The summed E-state index contributed by atoms with van der Waals surface area (Å²) in [5.74, 6) is -2.07. The Morgan fingerprint density at radius 1 is 1.28 bits per heavy atom. The molecule has 0 fully saturated rings. The van der Waals surface area contributed by atoms with Crippen molar-refractivity contribution in [2.45, 2.75) is 6.92 Å². The van der Waals surface area contributed by atoms with Crippen LogP contribution >= 0.6 is 11.6 Å². The normalized spacial score (nSPS) is 10.2. The van der Waals surface area contributed by atoms with E-state index in [2.05, 4.69) is 5.32 Å². The summed E-state index contributed by atoms with van der Waals surface area (Å²) >= 11 is 5.60. The molecule has 9 heteroatoms. The zero-order chi connectivity index (χ0) is 18.6. The Morgan fingerprint density at radius 2 is 2.00 bits per heavy atom. The second kappa shape index (κ2) is 7.71. The van der Waals surface area contributed by atoms with Crippen LogP contribution in [0.3, 0.4) is 0 Å². The van der Waals surface area contributed by atoms with Crippen LogP contribution in [0.4, 0.5) is 15.8 Å². The molecule has 0 aromatic heterocycles. The number of aryl methyl sites for hydroxylation is 1. The molecule has 0 heterocycles. The van der Waals surface area contributed by atoms with Crippen molar-refractivity contribution in [3.63, 3.8) is 0 Å². The first kappa shape index (κ1) is 18.3. The van der Waals surface area contributed by atoms with E-state index < -0.39 is 29.2 Å². The van der Waals surface area contributed by atoms with Crippen molar-refractivity contribution in [2.24, 2.45) is 0 Å². The van der Waals surface area contributed by atoms with Crippen molar-refractivity contribution in [1.82, 2.24) is 0 Å². The van der Waals surface area contributed by atoms with Gasteiger partial charge in [0.05, 0.1) is 15.5 Å². The number of nitro groups is 1. The highest BCUT2D eigenvalue weighted by molar-refractivity contribution is 6.31. The van der Waals surface area contributed by atoms with Crippen molar-refractivity contribution in [3.05, 3.63) is 68.5 Å². The average Bonchev–Trinajstić information content (AvgIpc) is 2.55. The van der Waals surface area contributed by atoms with Gasteiger partial charge in [-0.15, -0.1) is 0 Å². The number of esters is 1. The van der Waals surface area contributed by atoms with Gasteiger partial charge in [0.1, 0.15) is 5.82 Å². The number of carbonyl (C=O) groups is 2. The lowest BCUT2D eigenvalue weighted by Crippen LogP contribution is -2.21. The molecule has 0 saturated heterocycles. The summed E-state index contributed by atoms with van der Waals surface area (Å²) in [6, 6.07) is 7.34.